The molecule has 27 heavy (non-hydrogen) atoms. The Kier molecular flexibility index (Phi) is 7.26. The van der Waals surface area contributed by atoms with Crippen LogP contribution in [0.3, 0.4) is 0 Å². The summed E-state index contributed by atoms with van der Waals surface area (Å²) in [5, 5.41) is 12.1. The molecule has 6 nitrogen and oxygen atoms in total. The van der Waals surface area contributed by atoms with Crippen LogP contribution in [0.25, 0.3) is 6.08 Å². The number of methoxy groups -OCH3 is 1. The van der Waals surface area contributed by atoms with E-state index in [0.29, 0.717) is 41.7 Å². The highest BCUT2D eigenvalue weighted by Gasteiger charge is 2.11. The number of benzene rings is 2. The van der Waals surface area contributed by atoms with Crippen LogP contribution in [0.2, 0.25) is 0 Å². The van der Waals surface area contributed by atoms with Crippen molar-refractivity contribution in [2.75, 3.05) is 25.6 Å². The van der Waals surface area contributed by atoms with Gasteiger partial charge >= 0.3 is 0 Å². The van der Waals surface area contributed by atoms with E-state index in [1.807, 2.05) is 19.9 Å². The molecule has 2 rings (SSSR count). The van der Waals surface area contributed by atoms with E-state index in [1.165, 1.54) is 6.08 Å². The number of rotatable bonds is 8. The number of carbonyl (C=O) groups excluding carboxylic acids is 1. The van der Waals surface area contributed by atoms with Crippen molar-refractivity contribution in [3.8, 4) is 23.3 Å². The van der Waals surface area contributed by atoms with Gasteiger partial charge < -0.3 is 19.5 Å². The molecule has 0 aromatic heterocycles. The highest BCUT2D eigenvalue weighted by Crippen LogP contribution is 2.29. The number of amides is 1. The third kappa shape index (κ3) is 5.51. The zero-order valence-electron chi connectivity index (χ0n) is 15.6. The lowest BCUT2D eigenvalue weighted by atomic mass is 10.1. The van der Waals surface area contributed by atoms with Crippen molar-refractivity contribution in [3.05, 3.63) is 53.6 Å². The lowest BCUT2D eigenvalue weighted by Crippen LogP contribution is -2.13. The quantitative estimate of drug-likeness (QED) is 0.563. The molecule has 0 aliphatic heterocycles. The van der Waals surface area contributed by atoms with E-state index in [0.717, 1.165) is 0 Å². The molecule has 6 heteroatoms. The molecule has 1 N–H and O–H groups in total. The molecule has 0 unspecified atom stereocenters. The van der Waals surface area contributed by atoms with Gasteiger partial charge in [-0.2, -0.15) is 5.26 Å². The third-order valence-electron chi connectivity index (χ3n) is 3.59. The maximum absolute atomic E-state index is 12.4. The summed E-state index contributed by atoms with van der Waals surface area (Å²) in [6, 6.07) is 14.1. The monoisotopic (exact) mass is 366 g/mol. The highest BCUT2D eigenvalue weighted by molar-refractivity contribution is 6.09. The van der Waals surface area contributed by atoms with Crippen LogP contribution < -0.4 is 19.5 Å². The Morgan fingerprint density at radius 1 is 1.07 bits per heavy atom. The summed E-state index contributed by atoms with van der Waals surface area (Å²) in [6.07, 6.45) is 1.51. The summed E-state index contributed by atoms with van der Waals surface area (Å²) in [5.74, 6) is 1.38. The second kappa shape index (κ2) is 9.88. The molecule has 0 fully saturated rings. The molecule has 0 atom stereocenters. The Morgan fingerprint density at radius 2 is 1.74 bits per heavy atom. The minimum Gasteiger partial charge on any atom is -0.497 e. The van der Waals surface area contributed by atoms with Gasteiger partial charge in [0.25, 0.3) is 5.91 Å². The number of nitrogens with zero attached hydrogens (tertiary/aromatic N) is 1. The van der Waals surface area contributed by atoms with Crippen molar-refractivity contribution < 1.29 is 19.0 Å². The highest BCUT2D eigenvalue weighted by atomic mass is 16.5. The fourth-order valence-electron chi connectivity index (χ4n) is 2.35. The minimum atomic E-state index is -0.491. The van der Waals surface area contributed by atoms with Crippen molar-refractivity contribution in [2.45, 2.75) is 13.8 Å². The van der Waals surface area contributed by atoms with Gasteiger partial charge in [0.15, 0.2) is 11.5 Å². The van der Waals surface area contributed by atoms with Crippen LogP contribution in [0.4, 0.5) is 5.69 Å². The molecule has 0 aliphatic rings. The van der Waals surface area contributed by atoms with E-state index >= 15 is 0 Å². The Balaban J connectivity index is 2.22. The average Bonchev–Trinajstić information content (AvgIpc) is 2.68. The standard InChI is InChI=1S/C21H22N2O4/c1-4-26-19-11-6-15(13-20(19)27-5-2)12-16(14-22)21(24)23-17-7-9-18(25-3)10-8-17/h6-13H,4-5H2,1-3H3,(H,23,24)/b16-12-. The molecule has 1 amide bonds. The van der Waals surface area contributed by atoms with Gasteiger partial charge in [0.2, 0.25) is 0 Å². The Morgan fingerprint density at radius 3 is 2.33 bits per heavy atom. The zero-order chi connectivity index (χ0) is 19.6. The van der Waals surface area contributed by atoms with Crippen molar-refractivity contribution in [1.29, 1.82) is 5.26 Å². The van der Waals surface area contributed by atoms with Crippen molar-refractivity contribution in [3.63, 3.8) is 0 Å². The number of nitriles is 1. The van der Waals surface area contributed by atoms with Crippen molar-refractivity contribution >= 4 is 17.7 Å². The first-order valence-corrected chi connectivity index (χ1v) is 8.58. The maximum atomic E-state index is 12.4. The van der Waals surface area contributed by atoms with E-state index in [4.69, 9.17) is 14.2 Å². The minimum absolute atomic E-state index is 0.0163. The average molecular weight is 366 g/mol. The smallest absolute Gasteiger partial charge is 0.266 e. The first-order chi connectivity index (χ1) is 13.1. The third-order valence-corrected chi connectivity index (χ3v) is 3.59. The summed E-state index contributed by atoms with van der Waals surface area (Å²) < 4.78 is 16.2. The van der Waals surface area contributed by atoms with Crippen molar-refractivity contribution in [1.82, 2.24) is 0 Å². The molecule has 0 heterocycles. The lowest BCUT2D eigenvalue weighted by molar-refractivity contribution is -0.112. The van der Waals surface area contributed by atoms with Gasteiger partial charge in [0, 0.05) is 5.69 Å². The molecule has 2 aromatic carbocycles. The van der Waals surface area contributed by atoms with Gasteiger partial charge in [-0.1, -0.05) is 6.07 Å². The van der Waals surface area contributed by atoms with Gasteiger partial charge in [0.05, 0.1) is 20.3 Å². The summed E-state index contributed by atoms with van der Waals surface area (Å²) in [5.41, 5.74) is 1.23. The van der Waals surface area contributed by atoms with Crippen LogP contribution in [-0.4, -0.2) is 26.2 Å². The van der Waals surface area contributed by atoms with Crippen LogP contribution in [0.5, 0.6) is 17.2 Å². The van der Waals surface area contributed by atoms with Crippen LogP contribution in [-0.2, 0) is 4.79 Å². The van der Waals surface area contributed by atoms with Gasteiger partial charge in [-0.05, 0) is 61.9 Å². The molecule has 0 saturated carbocycles. The predicted molar refractivity (Wildman–Crippen MR) is 104 cm³/mol. The summed E-state index contributed by atoms with van der Waals surface area (Å²) in [6.45, 7) is 4.77. The van der Waals surface area contributed by atoms with Crippen LogP contribution in [0, 0.1) is 11.3 Å². The fourth-order valence-corrected chi connectivity index (χ4v) is 2.35. The largest absolute Gasteiger partial charge is 0.497 e. The summed E-state index contributed by atoms with van der Waals surface area (Å²) >= 11 is 0. The van der Waals surface area contributed by atoms with Crippen LogP contribution in [0.1, 0.15) is 19.4 Å². The number of anilines is 1. The van der Waals surface area contributed by atoms with E-state index in [-0.39, 0.29) is 5.57 Å². The lowest BCUT2D eigenvalue weighted by Gasteiger charge is -2.11. The topological polar surface area (TPSA) is 80.6 Å². The van der Waals surface area contributed by atoms with E-state index < -0.39 is 5.91 Å². The molecule has 0 saturated heterocycles. The second-order valence-electron chi connectivity index (χ2n) is 5.42. The number of hydrogen-bond donors (Lipinski definition) is 1. The van der Waals surface area contributed by atoms with Gasteiger partial charge in [-0.15, -0.1) is 0 Å². The Labute approximate surface area is 159 Å². The number of carbonyl (C=O) groups is 1. The molecule has 0 spiro atoms. The maximum Gasteiger partial charge on any atom is 0.266 e. The first-order valence-electron chi connectivity index (χ1n) is 8.58. The molecule has 0 aliphatic carbocycles. The van der Waals surface area contributed by atoms with E-state index in [1.54, 1.807) is 49.6 Å². The molecular formula is C21H22N2O4. The first kappa shape index (κ1) is 19.9. The molecule has 140 valence electrons. The number of ether oxygens (including phenoxy) is 3. The van der Waals surface area contributed by atoms with Gasteiger partial charge in [0.1, 0.15) is 17.4 Å². The number of nitrogens with one attached hydrogen (secondary N) is 1. The Bertz CT molecular complexity index is 851. The van der Waals surface area contributed by atoms with Crippen LogP contribution in [0.15, 0.2) is 48.0 Å². The normalized spacial score (nSPS) is 10.7. The summed E-state index contributed by atoms with van der Waals surface area (Å²) in [7, 11) is 1.57. The molecule has 0 radical (unpaired) electrons. The molecule has 0 bridgehead atoms. The van der Waals surface area contributed by atoms with Crippen LogP contribution >= 0.6 is 0 Å². The Hall–Kier alpha value is -3.46. The fraction of sp³-hybridized carbons (Fsp3) is 0.238. The summed E-state index contributed by atoms with van der Waals surface area (Å²) in [4.78, 5) is 12.4. The van der Waals surface area contributed by atoms with E-state index in [9.17, 15) is 10.1 Å². The zero-order valence-corrected chi connectivity index (χ0v) is 15.6. The molecule has 2 aromatic rings. The second-order valence-corrected chi connectivity index (χ2v) is 5.42. The van der Waals surface area contributed by atoms with Gasteiger partial charge in [-0.3, -0.25) is 4.79 Å². The molecular weight excluding hydrogens is 344 g/mol. The van der Waals surface area contributed by atoms with Gasteiger partial charge in [-0.25, -0.2) is 0 Å². The van der Waals surface area contributed by atoms with E-state index in [2.05, 4.69) is 5.32 Å². The van der Waals surface area contributed by atoms with Crippen molar-refractivity contribution in [2.24, 2.45) is 0 Å². The SMILES string of the molecule is CCOc1ccc(/C=C(/C#N)C(=O)Nc2ccc(OC)cc2)cc1OCC. The predicted octanol–water partition coefficient (Wildman–Crippen LogP) is 4.04. The number of hydrogen-bond acceptors (Lipinski definition) is 5.